The van der Waals surface area contributed by atoms with Crippen LogP contribution in [-0.4, -0.2) is 28.8 Å². The molecule has 3 aromatic carbocycles. The highest BCUT2D eigenvalue weighted by atomic mass is 35.5. The molecule has 0 bridgehead atoms. The van der Waals surface area contributed by atoms with Crippen molar-refractivity contribution < 1.29 is 14.0 Å². The third-order valence-electron chi connectivity index (χ3n) is 6.73. The number of benzene rings is 3. The van der Waals surface area contributed by atoms with Crippen LogP contribution in [0.1, 0.15) is 48.8 Å². The highest BCUT2D eigenvalue weighted by molar-refractivity contribution is 6.30. The number of nitrogens with one attached hydrogen (secondary N) is 1. The summed E-state index contributed by atoms with van der Waals surface area (Å²) < 4.78 is 13.6. The number of rotatable bonds is 9. The summed E-state index contributed by atoms with van der Waals surface area (Å²) in [6, 6.07) is 22.4. The molecule has 0 heterocycles. The van der Waals surface area contributed by atoms with Crippen LogP contribution in [0.2, 0.25) is 5.02 Å². The van der Waals surface area contributed by atoms with Crippen LogP contribution in [0.25, 0.3) is 0 Å². The maximum absolute atomic E-state index is 13.8. The van der Waals surface area contributed by atoms with Crippen molar-refractivity contribution in [2.45, 2.75) is 63.6 Å². The Morgan fingerprint density at radius 1 is 0.889 bits per heavy atom. The summed E-state index contributed by atoms with van der Waals surface area (Å²) in [7, 11) is 0. The second-order valence-corrected chi connectivity index (χ2v) is 9.94. The van der Waals surface area contributed by atoms with Crippen molar-refractivity contribution in [1.82, 2.24) is 10.2 Å². The lowest BCUT2D eigenvalue weighted by molar-refractivity contribution is -0.141. The van der Waals surface area contributed by atoms with Gasteiger partial charge in [-0.1, -0.05) is 85.5 Å². The molecule has 3 aromatic rings. The van der Waals surface area contributed by atoms with Crippen LogP contribution in [0.4, 0.5) is 4.39 Å². The SMILES string of the molecule is O=C(NC1CCCCC1)[C@H](Cc1ccccc1)N(Cc1ccc(F)cc1)C(=O)Cc1cccc(Cl)c1. The van der Waals surface area contributed by atoms with E-state index in [1.54, 1.807) is 29.2 Å². The van der Waals surface area contributed by atoms with E-state index in [0.717, 1.165) is 42.4 Å². The van der Waals surface area contributed by atoms with Gasteiger partial charge in [-0.05, 0) is 53.8 Å². The van der Waals surface area contributed by atoms with Crippen molar-refractivity contribution in [3.05, 3.63) is 106 Å². The Labute approximate surface area is 217 Å². The molecule has 4 rings (SSSR count). The molecule has 1 N–H and O–H groups in total. The molecule has 188 valence electrons. The molecule has 0 aromatic heterocycles. The van der Waals surface area contributed by atoms with E-state index in [0.29, 0.717) is 11.4 Å². The smallest absolute Gasteiger partial charge is 0.243 e. The van der Waals surface area contributed by atoms with Gasteiger partial charge >= 0.3 is 0 Å². The van der Waals surface area contributed by atoms with Crippen molar-refractivity contribution in [3.8, 4) is 0 Å². The number of nitrogens with zero attached hydrogens (tertiary/aromatic N) is 1. The van der Waals surface area contributed by atoms with Gasteiger partial charge in [-0.3, -0.25) is 9.59 Å². The molecule has 2 amide bonds. The molecule has 0 spiro atoms. The van der Waals surface area contributed by atoms with Gasteiger partial charge in [-0.25, -0.2) is 4.39 Å². The molecule has 0 aliphatic heterocycles. The summed E-state index contributed by atoms with van der Waals surface area (Å²) in [6.07, 6.45) is 5.80. The number of carbonyl (C=O) groups excluding carboxylic acids is 2. The Morgan fingerprint density at radius 2 is 1.58 bits per heavy atom. The molecule has 6 heteroatoms. The Balaban J connectivity index is 1.65. The minimum absolute atomic E-state index is 0.115. The van der Waals surface area contributed by atoms with E-state index in [1.165, 1.54) is 18.6 Å². The van der Waals surface area contributed by atoms with Crippen molar-refractivity contribution in [3.63, 3.8) is 0 Å². The zero-order valence-corrected chi connectivity index (χ0v) is 21.1. The van der Waals surface area contributed by atoms with Crippen molar-refractivity contribution in [2.24, 2.45) is 0 Å². The van der Waals surface area contributed by atoms with Gasteiger partial charge in [0.1, 0.15) is 11.9 Å². The normalized spacial score (nSPS) is 14.7. The van der Waals surface area contributed by atoms with Crippen LogP contribution < -0.4 is 5.32 Å². The topological polar surface area (TPSA) is 49.4 Å². The summed E-state index contributed by atoms with van der Waals surface area (Å²) in [5.74, 6) is -0.667. The molecule has 1 aliphatic carbocycles. The summed E-state index contributed by atoms with van der Waals surface area (Å²) in [6.45, 7) is 0.204. The van der Waals surface area contributed by atoms with Crippen LogP contribution in [0, 0.1) is 5.82 Å². The first-order valence-corrected chi connectivity index (χ1v) is 13.0. The van der Waals surface area contributed by atoms with E-state index in [2.05, 4.69) is 5.32 Å². The molecule has 1 fully saturated rings. The molecule has 0 unspecified atom stereocenters. The average molecular weight is 507 g/mol. The number of hydrogen-bond acceptors (Lipinski definition) is 2. The van der Waals surface area contributed by atoms with Crippen LogP contribution in [0.15, 0.2) is 78.9 Å². The lowest BCUT2D eigenvalue weighted by Gasteiger charge is -2.33. The van der Waals surface area contributed by atoms with Gasteiger partial charge in [-0.2, -0.15) is 0 Å². The van der Waals surface area contributed by atoms with Gasteiger partial charge in [0.05, 0.1) is 6.42 Å². The van der Waals surface area contributed by atoms with Crippen LogP contribution in [-0.2, 0) is 29.0 Å². The predicted molar refractivity (Wildman–Crippen MR) is 141 cm³/mol. The minimum atomic E-state index is -0.703. The first kappa shape index (κ1) is 25.9. The summed E-state index contributed by atoms with van der Waals surface area (Å²) in [4.78, 5) is 29.1. The zero-order valence-electron chi connectivity index (χ0n) is 20.3. The maximum atomic E-state index is 13.8. The van der Waals surface area contributed by atoms with E-state index in [-0.39, 0.29) is 36.6 Å². The summed E-state index contributed by atoms with van der Waals surface area (Å²) in [5.41, 5.74) is 2.52. The second kappa shape index (κ2) is 12.7. The van der Waals surface area contributed by atoms with Crippen molar-refractivity contribution in [2.75, 3.05) is 0 Å². The first-order chi connectivity index (χ1) is 17.5. The maximum Gasteiger partial charge on any atom is 0.243 e. The standard InChI is InChI=1S/C30H32ClFN2O2/c31-25-11-7-10-24(18-25)20-29(35)34(21-23-14-16-26(32)17-15-23)28(19-22-8-3-1-4-9-22)30(36)33-27-12-5-2-6-13-27/h1,3-4,7-11,14-18,27-28H,2,5-6,12-13,19-21H2,(H,33,36)/t28-/m0/s1. The Hall–Kier alpha value is -3.18. The molecule has 36 heavy (non-hydrogen) atoms. The lowest BCUT2D eigenvalue weighted by Crippen LogP contribution is -2.53. The monoisotopic (exact) mass is 506 g/mol. The Bertz CT molecular complexity index is 1150. The third-order valence-corrected chi connectivity index (χ3v) is 6.97. The number of carbonyl (C=O) groups is 2. The van der Waals surface area contributed by atoms with Gasteiger partial charge in [0, 0.05) is 24.0 Å². The number of hydrogen-bond donors (Lipinski definition) is 1. The summed E-state index contributed by atoms with van der Waals surface area (Å²) in [5, 5.41) is 3.79. The predicted octanol–water partition coefficient (Wildman–Crippen LogP) is 6.11. The van der Waals surface area contributed by atoms with Crippen LogP contribution in [0.5, 0.6) is 0 Å². The number of amides is 2. The second-order valence-electron chi connectivity index (χ2n) is 9.50. The molecule has 0 radical (unpaired) electrons. The van der Waals surface area contributed by atoms with Crippen molar-refractivity contribution in [1.29, 1.82) is 0 Å². The third kappa shape index (κ3) is 7.41. The van der Waals surface area contributed by atoms with E-state index < -0.39 is 6.04 Å². The largest absolute Gasteiger partial charge is 0.352 e. The average Bonchev–Trinajstić information content (AvgIpc) is 2.88. The van der Waals surface area contributed by atoms with E-state index in [4.69, 9.17) is 11.6 Å². The Kier molecular flexibility index (Phi) is 9.12. The zero-order chi connectivity index (χ0) is 25.3. The molecule has 1 saturated carbocycles. The summed E-state index contributed by atoms with van der Waals surface area (Å²) >= 11 is 6.16. The highest BCUT2D eigenvalue weighted by Gasteiger charge is 2.32. The first-order valence-electron chi connectivity index (χ1n) is 12.6. The van der Waals surface area contributed by atoms with E-state index >= 15 is 0 Å². The lowest BCUT2D eigenvalue weighted by atomic mass is 9.94. The fraction of sp³-hybridized carbons (Fsp3) is 0.333. The molecular formula is C30H32ClFN2O2. The van der Waals surface area contributed by atoms with Gasteiger partial charge in [0.15, 0.2) is 0 Å². The van der Waals surface area contributed by atoms with Gasteiger partial charge < -0.3 is 10.2 Å². The van der Waals surface area contributed by atoms with E-state index in [1.807, 2.05) is 42.5 Å². The quantitative estimate of drug-likeness (QED) is 0.380. The van der Waals surface area contributed by atoms with Gasteiger partial charge in [0.2, 0.25) is 11.8 Å². The van der Waals surface area contributed by atoms with Crippen LogP contribution in [0.3, 0.4) is 0 Å². The van der Waals surface area contributed by atoms with E-state index in [9.17, 15) is 14.0 Å². The highest BCUT2D eigenvalue weighted by Crippen LogP contribution is 2.21. The van der Waals surface area contributed by atoms with Crippen molar-refractivity contribution >= 4 is 23.4 Å². The minimum Gasteiger partial charge on any atom is -0.352 e. The molecule has 4 nitrogen and oxygen atoms in total. The molecular weight excluding hydrogens is 475 g/mol. The number of halogens is 2. The Morgan fingerprint density at radius 3 is 2.28 bits per heavy atom. The molecule has 1 aliphatic rings. The fourth-order valence-corrected chi connectivity index (χ4v) is 5.02. The van der Waals surface area contributed by atoms with Gasteiger partial charge in [0.25, 0.3) is 0 Å². The molecule has 0 saturated heterocycles. The van der Waals surface area contributed by atoms with Gasteiger partial charge in [-0.15, -0.1) is 0 Å². The fourth-order valence-electron chi connectivity index (χ4n) is 4.81. The molecule has 1 atom stereocenters. The van der Waals surface area contributed by atoms with Crippen LogP contribution >= 0.6 is 11.6 Å².